The van der Waals surface area contributed by atoms with E-state index >= 15 is 0 Å². The highest BCUT2D eigenvalue weighted by atomic mass is 15.2. The molecular formula is C13H20N2. The van der Waals surface area contributed by atoms with Gasteiger partial charge in [-0.15, -0.1) is 0 Å². The van der Waals surface area contributed by atoms with Gasteiger partial charge in [0.15, 0.2) is 0 Å². The first-order valence-corrected chi connectivity index (χ1v) is 5.73. The van der Waals surface area contributed by atoms with Gasteiger partial charge in [0.25, 0.3) is 0 Å². The van der Waals surface area contributed by atoms with E-state index in [4.69, 9.17) is 5.73 Å². The number of aryl methyl sites for hydroxylation is 1. The summed E-state index contributed by atoms with van der Waals surface area (Å²) in [5, 5.41) is 0. The lowest BCUT2D eigenvalue weighted by Crippen LogP contribution is -2.29. The molecule has 15 heavy (non-hydrogen) atoms. The first kappa shape index (κ1) is 10.7. The molecule has 82 valence electrons. The van der Waals surface area contributed by atoms with Crippen LogP contribution in [0.25, 0.3) is 0 Å². The van der Waals surface area contributed by atoms with Crippen molar-refractivity contribution in [3.05, 3.63) is 35.4 Å². The minimum absolute atomic E-state index is 0.372. The lowest BCUT2D eigenvalue weighted by Gasteiger charge is -2.25. The maximum absolute atomic E-state index is 5.94. The summed E-state index contributed by atoms with van der Waals surface area (Å²) >= 11 is 0. The van der Waals surface area contributed by atoms with Crippen LogP contribution < -0.4 is 5.73 Å². The molecule has 0 aliphatic carbocycles. The molecule has 1 aliphatic heterocycles. The summed E-state index contributed by atoms with van der Waals surface area (Å²) in [7, 11) is 0. The summed E-state index contributed by atoms with van der Waals surface area (Å²) in [6.07, 6.45) is 1.14. The SMILES string of the molecule is Cc1ccccc1C(C)N1CCC(N)C1. The number of likely N-dealkylation sites (tertiary alicyclic amines) is 1. The van der Waals surface area contributed by atoms with Gasteiger partial charge in [-0.05, 0) is 31.4 Å². The van der Waals surface area contributed by atoms with Crippen molar-refractivity contribution >= 4 is 0 Å². The normalized spacial score (nSPS) is 24.3. The van der Waals surface area contributed by atoms with Gasteiger partial charge in [0.2, 0.25) is 0 Å². The summed E-state index contributed by atoms with van der Waals surface area (Å²) < 4.78 is 0. The Bertz CT molecular complexity index is 335. The van der Waals surface area contributed by atoms with E-state index in [1.807, 2.05) is 0 Å². The standard InChI is InChI=1S/C13H20N2/c1-10-5-3-4-6-13(10)11(2)15-8-7-12(14)9-15/h3-6,11-12H,7-9,14H2,1-2H3. The number of benzene rings is 1. The number of hydrogen-bond acceptors (Lipinski definition) is 2. The first-order valence-electron chi connectivity index (χ1n) is 5.73. The first-order chi connectivity index (χ1) is 7.18. The molecule has 2 heteroatoms. The van der Waals surface area contributed by atoms with Crippen molar-refractivity contribution < 1.29 is 0 Å². The quantitative estimate of drug-likeness (QED) is 0.799. The number of hydrogen-bond donors (Lipinski definition) is 1. The lowest BCUT2D eigenvalue weighted by molar-refractivity contribution is 0.259. The molecule has 0 bridgehead atoms. The van der Waals surface area contributed by atoms with Crippen LogP contribution in [0.3, 0.4) is 0 Å². The second-order valence-electron chi connectivity index (χ2n) is 4.58. The Balaban J connectivity index is 2.14. The van der Waals surface area contributed by atoms with Crippen LogP contribution in [0.15, 0.2) is 24.3 Å². The molecule has 0 aromatic heterocycles. The topological polar surface area (TPSA) is 29.3 Å². The van der Waals surface area contributed by atoms with E-state index < -0.39 is 0 Å². The van der Waals surface area contributed by atoms with E-state index in [0.717, 1.165) is 19.5 Å². The van der Waals surface area contributed by atoms with E-state index in [9.17, 15) is 0 Å². The molecule has 0 radical (unpaired) electrons. The highest BCUT2D eigenvalue weighted by Gasteiger charge is 2.24. The second-order valence-corrected chi connectivity index (χ2v) is 4.58. The molecule has 2 nitrogen and oxygen atoms in total. The van der Waals surface area contributed by atoms with Gasteiger partial charge in [0.05, 0.1) is 0 Å². The van der Waals surface area contributed by atoms with Crippen LogP contribution in [0.2, 0.25) is 0 Å². The summed E-state index contributed by atoms with van der Waals surface area (Å²) in [4.78, 5) is 2.48. The highest BCUT2D eigenvalue weighted by molar-refractivity contribution is 5.28. The second kappa shape index (κ2) is 4.33. The Morgan fingerprint density at radius 2 is 2.13 bits per heavy atom. The smallest absolute Gasteiger partial charge is 0.0323 e. The maximum Gasteiger partial charge on any atom is 0.0323 e. The molecule has 2 rings (SSSR count). The maximum atomic E-state index is 5.94. The molecule has 1 heterocycles. The number of rotatable bonds is 2. The predicted octanol–water partition coefficient (Wildman–Crippen LogP) is 2.09. The van der Waals surface area contributed by atoms with Crippen molar-refractivity contribution in [2.75, 3.05) is 13.1 Å². The van der Waals surface area contributed by atoms with E-state index in [0.29, 0.717) is 12.1 Å². The van der Waals surface area contributed by atoms with Gasteiger partial charge in [-0.1, -0.05) is 24.3 Å². The Morgan fingerprint density at radius 3 is 2.73 bits per heavy atom. The van der Waals surface area contributed by atoms with Crippen LogP contribution in [0, 0.1) is 6.92 Å². The molecule has 1 aromatic rings. The average Bonchev–Trinajstić information content (AvgIpc) is 2.65. The van der Waals surface area contributed by atoms with E-state index in [1.165, 1.54) is 11.1 Å². The van der Waals surface area contributed by atoms with Crippen LogP contribution >= 0.6 is 0 Å². The zero-order valence-electron chi connectivity index (χ0n) is 9.61. The fourth-order valence-electron chi connectivity index (χ4n) is 2.42. The Kier molecular flexibility index (Phi) is 3.08. The third-order valence-corrected chi connectivity index (χ3v) is 3.44. The molecule has 0 amide bonds. The fraction of sp³-hybridized carbons (Fsp3) is 0.538. The highest BCUT2D eigenvalue weighted by Crippen LogP contribution is 2.26. The minimum atomic E-state index is 0.372. The van der Waals surface area contributed by atoms with Gasteiger partial charge in [-0.3, -0.25) is 4.90 Å². The summed E-state index contributed by atoms with van der Waals surface area (Å²) in [6, 6.07) is 9.50. The number of nitrogens with two attached hydrogens (primary N) is 1. The minimum Gasteiger partial charge on any atom is -0.326 e. The van der Waals surface area contributed by atoms with E-state index in [2.05, 4.69) is 43.0 Å². The summed E-state index contributed by atoms with van der Waals surface area (Å²) in [5.74, 6) is 0. The molecule has 1 aromatic carbocycles. The molecule has 0 saturated carbocycles. The van der Waals surface area contributed by atoms with Gasteiger partial charge in [-0.2, -0.15) is 0 Å². The molecular weight excluding hydrogens is 184 g/mol. The van der Waals surface area contributed by atoms with Crippen molar-refractivity contribution in [2.24, 2.45) is 5.73 Å². The van der Waals surface area contributed by atoms with Crippen molar-refractivity contribution in [2.45, 2.75) is 32.4 Å². The van der Waals surface area contributed by atoms with Gasteiger partial charge in [-0.25, -0.2) is 0 Å². The largest absolute Gasteiger partial charge is 0.326 e. The molecule has 1 saturated heterocycles. The van der Waals surface area contributed by atoms with Crippen molar-refractivity contribution in [1.82, 2.24) is 4.90 Å². The third kappa shape index (κ3) is 2.21. The monoisotopic (exact) mass is 204 g/mol. The fourth-order valence-corrected chi connectivity index (χ4v) is 2.42. The third-order valence-electron chi connectivity index (χ3n) is 3.44. The molecule has 2 atom stereocenters. The van der Waals surface area contributed by atoms with Crippen molar-refractivity contribution in [3.8, 4) is 0 Å². The van der Waals surface area contributed by atoms with Crippen LogP contribution in [0.4, 0.5) is 0 Å². The number of nitrogens with zero attached hydrogens (tertiary/aromatic N) is 1. The van der Waals surface area contributed by atoms with Crippen LogP contribution in [0.1, 0.15) is 30.5 Å². The van der Waals surface area contributed by atoms with E-state index in [1.54, 1.807) is 0 Å². The van der Waals surface area contributed by atoms with Crippen molar-refractivity contribution in [3.63, 3.8) is 0 Å². The summed E-state index contributed by atoms with van der Waals surface area (Å²) in [5.41, 5.74) is 8.75. The lowest BCUT2D eigenvalue weighted by atomic mass is 10.0. The molecule has 2 N–H and O–H groups in total. The zero-order valence-corrected chi connectivity index (χ0v) is 9.61. The van der Waals surface area contributed by atoms with Gasteiger partial charge in [0.1, 0.15) is 0 Å². The summed E-state index contributed by atoms with van der Waals surface area (Å²) in [6.45, 7) is 6.63. The predicted molar refractivity (Wildman–Crippen MR) is 63.8 cm³/mol. The van der Waals surface area contributed by atoms with Gasteiger partial charge < -0.3 is 5.73 Å². The van der Waals surface area contributed by atoms with Gasteiger partial charge >= 0.3 is 0 Å². The molecule has 2 unspecified atom stereocenters. The Hall–Kier alpha value is -0.860. The van der Waals surface area contributed by atoms with Crippen LogP contribution in [-0.4, -0.2) is 24.0 Å². The molecule has 0 spiro atoms. The Labute approximate surface area is 92.1 Å². The molecule has 1 fully saturated rings. The van der Waals surface area contributed by atoms with Gasteiger partial charge in [0, 0.05) is 25.2 Å². The van der Waals surface area contributed by atoms with Crippen LogP contribution in [-0.2, 0) is 0 Å². The van der Waals surface area contributed by atoms with Crippen LogP contribution in [0.5, 0.6) is 0 Å². The zero-order chi connectivity index (χ0) is 10.8. The van der Waals surface area contributed by atoms with Crippen molar-refractivity contribution in [1.29, 1.82) is 0 Å². The van der Waals surface area contributed by atoms with E-state index in [-0.39, 0.29) is 0 Å². The molecule has 1 aliphatic rings. The Morgan fingerprint density at radius 1 is 1.40 bits per heavy atom. The average molecular weight is 204 g/mol.